The van der Waals surface area contributed by atoms with Gasteiger partial charge in [-0.05, 0) is 65.0 Å². The number of benzene rings is 1. The molecule has 0 bridgehead atoms. The molecule has 4 heterocycles. The molecule has 0 radical (unpaired) electrons. The molecule has 0 saturated carbocycles. The highest BCUT2D eigenvalue weighted by Crippen LogP contribution is 2.41. The molecule has 3 amide bonds. The zero-order chi connectivity index (χ0) is 26.3. The molecule has 37 heavy (non-hydrogen) atoms. The number of piperazine rings is 1. The zero-order valence-electron chi connectivity index (χ0n) is 22.7. The third kappa shape index (κ3) is 4.86. The quantitative estimate of drug-likeness (QED) is 0.652. The lowest BCUT2D eigenvalue weighted by molar-refractivity contribution is 0.00882. The van der Waals surface area contributed by atoms with Gasteiger partial charge in [-0.3, -0.25) is 14.8 Å². The summed E-state index contributed by atoms with van der Waals surface area (Å²) >= 11 is 0. The third-order valence-corrected chi connectivity index (χ3v) is 8.52. The number of H-pyrrole nitrogens is 1. The van der Waals surface area contributed by atoms with Gasteiger partial charge in [0.1, 0.15) is 0 Å². The summed E-state index contributed by atoms with van der Waals surface area (Å²) in [6, 6.07) is 7.95. The fraction of sp³-hybridized carbons (Fsp3) is 0.607. The molecule has 0 unspecified atom stereocenters. The number of anilines is 1. The maximum absolute atomic E-state index is 13.9. The first-order valence-corrected chi connectivity index (χ1v) is 13.5. The molecule has 2 fully saturated rings. The summed E-state index contributed by atoms with van der Waals surface area (Å²) < 4.78 is 5.53. The number of ether oxygens (including phenoxy) is 1. The first kappa shape index (κ1) is 25.7. The minimum absolute atomic E-state index is 0.0378. The maximum atomic E-state index is 13.9. The predicted octanol–water partition coefficient (Wildman–Crippen LogP) is 3.96. The number of aromatic amines is 1. The van der Waals surface area contributed by atoms with E-state index in [0.29, 0.717) is 36.4 Å². The number of nitrogens with one attached hydrogen (secondary N) is 2. The maximum Gasteiger partial charge on any atom is 0.321 e. The van der Waals surface area contributed by atoms with E-state index in [4.69, 9.17) is 4.74 Å². The van der Waals surface area contributed by atoms with Crippen LogP contribution in [0.25, 0.3) is 0 Å². The van der Waals surface area contributed by atoms with Crippen molar-refractivity contribution >= 4 is 17.8 Å². The Balaban J connectivity index is 1.27. The number of urea groups is 1. The molecule has 0 aliphatic carbocycles. The van der Waals surface area contributed by atoms with Crippen molar-refractivity contribution in [1.29, 1.82) is 0 Å². The molecule has 9 nitrogen and oxygen atoms in total. The van der Waals surface area contributed by atoms with Gasteiger partial charge in [-0.15, -0.1) is 0 Å². The number of aryl methyl sites for hydroxylation is 1. The molecule has 2 atom stereocenters. The highest BCUT2D eigenvalue weighted by atomic mass is 16.5. The van der Waals surface area contributed by atoms with Gasteiger partial charge in [-0.1, -0.05) is 18.2 Å². The molecular formula is C28H40N6O3. The number of carbonyl (C=O) groups is 2. The van der Waals surface area contributed by atoms with Gasteiger partial charge in [-0.2, -0.15) is 5.10 Å². The first-order chi connectivity index (χ1) is 17.7. The second-order valence-corrected chi connectivity index (χ2v) is 11.5. The molecule has 2 aromatic rings. The van der Waals surface area contributed by atoms with Crippen molar-refractivity contribution in [2.45, 2.75) is 71.6 Å². The average Bonchev–Trinajstić information content (AvgIpc) is 3.39. The van der Waals surface area contributed by atoms with Crippen LogP contribution in [0.4, 0.5) is 10.6 Å². The molecule has 5 rings (SSSR count). The molecule has 2 N–H and O–H groups in total. The number of hydrogen-bond acceptors (Lipinski definition) is 5. The predicted molar refractivity (Wildman–Crippen MR) is 142 cm³/mol. The summed E-state index contributed by atoms with van der Waals surface area (Å²) in [4.78, 5) is 33.4. The SMILES string of the molecule is Cc1ccccc1C(=O)Nc1n[nH]c2c1CN(C(=O)N1C[C@@H](C)N(CC3CCOCC3)C[C@H]1C)C2(C)C. The van der Waals surface area contributed by atoms with Crippen LogP contribution >= 0.6 is 0 Å². The molecule has 1 aromatic carbocycles. The van der Waals surface area contributed by atoms with Crippen molar-refractivity contribution in [3.05, 3.63) is 46.6 Å². The van der Waals surface area contributed by atoms with Crippen LogP contribution in [0.1, 0.15) is 67.7 Å². The van der Waals surface area contributed by atoms with E-state index in [1.54, 1.807) is 0 Å². The lowest BCUT2D eigenvalue weighted by Gasteiger charge is -2.47. The van der Waals surface area contributed by atoms with Crippen LogP contribution < -0.4 is 5.32 Å². The third-order valence-electron chi connectivity index (χ3n) is 8.52. The van der Waals surface area contributed by atoms with Crippen molar-refractivity contribution in [2.24, 2.45) is 5.92 Å². The Hall–Kier alpha value is -2.91. The van der Waals surface area contributed by atoms with E-state index >= 15 is 0 Å². The second kappa shape index (κ2) is 10.1. The summed E-state index contributed by atoms with van der Waals surface area (Å²) in [6.45, 7) is 15.2. The minimum atomic E-state index is -0.562. The smallest absolute Gasteiger partial charge is 0.321 e. The highest BCUT2D eigenvalue weighted by molar-refractivity contribution is 6.05. The Morgan fingerprint density at radius 2 is 1.86 bits per heavy atom. The first-order valence-electron chi connectivity index (χ1n) is 13.5. The van der Waals surface area contributed by atoms with Gasteiger partial charge in [0.25, 0.3) is 5.91 Å². The number of carbonyl (C=O) groups excluding carboxylic acids is 2. The highest BCUT2D eigenvalue weighted by Gasteiger charge is 2.47. The molecule has 2 saturated heterocycles. The Kier molecular flexibility index (Phi) is 7.02. The van der Waals surface area contributed by atoms with Gasteiger partial charge >= 0.3 is 6.03 Å². The number of nitrogens with zero attached hydrogens (tertiary/aromatic N) is 4. The fourth-order valence-corrected chi connectivity index (χ4v) is 6.06. The van der Waals surface area contributed by atoms with Gasteiger partial charge in [0.05, 0.1) is 17.8 Å². The molecular weight excluding hydrogens is 468 g/mol. The van der Waals surface area contributed by atoms with Crippen LogP contribution in [-0.2, 0) is 16.8 Å². The van der Waals surface area contributed by atoms with Gasteiger partial charge in [0.15, 0.2) is 5.82 Å². The summed E-state index contributed by atoms with van der Waals surface area (Å²) in [6.07, 6.45) is 2.24. The Labute approximate surface area is 219 Å². The molecule has 1 aromatic heterocycles. The largest absolute Gasteiger partial charge is 0.381 e. The average molecular weight is 509 g/mol. The van der Waals surface area contributed by atoms with Crippen LogP contribution in [0, 0.1) is 12.8 Å². The van der Waals surface area contributed by atoms with Crippen LogP contribution in [0.2, 0.25) is 0 Å². The Morgan fingerprint density at radius 3 is 2.59 bits per heavy atom. The van der Waals surface area contributed by atoms with Gasteiger partial charge < -0.3 is 19.9 Å². The molecule has 3 aliphatic rings. The fourth-order valence-electron chi connectivity index (χ4n) is 6.06. The number of rotatable bonds is 4. The lowest BCUT2D eigenvalue weighted by Crippen LogP contribution is -2.62. The number of amides is 3. The number of aromatic nitrogens is 2. The minimum Gasteiger partial charge on any atom is -0.381 e. The second-order valence-electron chi connectivity index (χ2n) is 11.5. The van der Waals surface area contributed by atoms with Crippen molar-refractivity contribution < 1.29 is 14.3 Å². The standard InChI is InChI=1S/C28H40N6O3/c1-18-8-6-7-9-22(18)26(35)29-25-23-17-34(28(4,5)24(23)30-31-25)27(36)33-15-19(2)32(14-20(33)3)16-21-10-12-37-13-11-21/h6-9,19-21H,10-17H2,1-5H3,(H2,29,30,31,35)/t19-,20-/m1/s1. The summed E-state index contributed by atoms with van der Waals surface area (Å²) in [5.41, 5.74) is 2.71. The number of hydrogen-bond donors (Lipinski definition) is 2. The van der Waals surface area contributed by atoms with Gasteiger partial charge in [0, 0.05) is 56.1 Å². The van der Waals surface area contributed by atoms with E-state index in [1.165, 1.54) is 0 Å². The summed E-state index contributed by atoms with van der Waals surface area (Å²) in [5, 5.41) is 10.5. The lowest BCUT2D eigenvalue weighted by atomic mass is 9.97. The molecule has 0 spiro atoms. The molecule has 9 heteroatoms. The Morgan fingerprint density at radius 1 is 1.14 bits per heavy atom. The normalized spacial score (nSPS) is 24.2. The molecule has 3 aliphatic heterocycles. The van der Waals surface area contributed by atoms with E-state index < -0.39 is 5.54 Å². The zero-order valence-corrected chi connectivity index (χ0v) is 22.7. The Bertz CT molecular complexity index is 1150. The van der Waals surface area contributed by atoms with Crippen molar-refractivity contribution in [1.82, 2.24) is 24.9 Å². The summed E-state index contributed by atoms with van der Waals surface area (Å²) in [7, 11) is 0. The number of fused-ring (bicyclic) bond motifs is 1. The van der Waals surface area contributed by atoms with Crippen molar-refractivity contribution in [3.63, 3.8) is 0 Å². The van der Waals surface area contributed by atoms with E-state index in [9.17, 15) is 9.59 Å². The van der Waals surface area contributed by atoms with Crippen molar-refractivity contribution in [2.75, 3.05) is 38.2 Å². The summed E-state index contributed by atoms with van der Waals surface area (Å²) in [5.74, 6) is 0.974. The van der Waals surface area contributed by atoms with E-state index in [0.717, 1.165) is 56.0 Å². The van der Waals surface area contributed by atoms with E-state index in [1.807, 2.05) is 54.8 Å². The van der Waals surface area contributed by atoms with E-state index in [2.05, 4.69) is 34.3 Å². The van der Waals surface area contributed by atoms with Crippen LogP contribution in [0.3, 0.4) is 0 Å². The van der Waals surface area contributed by atoms with Crippen LogP contribution in [0.15, 0.2) is 24.3 Å². The van der Waals surface area contributed by atoms with Crippen molar-refractivity contribution in [3.8, 4) is 0 Å². The van der Waals surface area contributed by atoms with E-state index in [-0.39, 0.29) is 18.0 Å². The van der Waals surface area contributed by atoms with Gasteiger partial charge in [0.2, 0.25) is 0 Å². The topological polar surface area (TPSA) is 93.8 Å². The monoisotopic (exact) mass is 508 g/mol. The van der Waals surface area contributed by atoms with Crippen LogP contribution in [-0.4, -0.2) is 81.8 Å². The van der Waals surface area contributed by atoms with Gasteiger partial charge in [-0.25, -0.2) is 4.79 Å². The van der Waals surface area contributed by atoms with Crippen LogP contribution in [0.5, 0.6) is 0 Å². The molecule has 200 valence electrons.